The van der Waals surface area contributed by atoms with Crippen LogP contribution in [0.5, 0.6) is 0 Å². The number of ketones is 1. The Balaban J connectivity index is 1.85. The molecule has 0 amide bonds. The maximum absolute atomic E-state index is 11.2. The molecule has 3 atom stereocenters. The number of carbonyl (C=O) groups excluding carboxylic acids is 2. The van der Waals surface area contributed by atoms with E-state index in [1.54, 1.807) is 0 Å². The van der Waals surface area contributed by atoms with E-state index in [0.29, 0.717) is 24.2 Å². The molecule has 3 heteroatoms. The first kappa shape index (κ1) is 8.73. The van der Waals surface area contributed by atoms with Crippen molar-refractivity contribution >= 4 is 11.8 Å². The second kappa shape index (κ2) is 3.13. The fourth-order valence-corrected chi connectivity index (χ4v) is 2.58. The fraction of sp³-hybridized carbons (Fsp3) is 0.800. The van der Waals surface area contributed by atoms with Gasteiger partial charge < -0.3 is 4.74 Å². The summed E-state index contributed by atoms with van der Waals surface area (Å²) in [6, 6.07) is 0. The van der Waals surface area contributed by atoms with Crippen LogP contribution in [0.1, 0.15) is 26.2 Å². The molecule has 0 aromatic rings. The second-order valence-electron chi connectivity index (χ2n) is 4.16. The summed E-state index contributed by atoms with van der Waals surface area (Å²) >= 11 is 0. The molecular formula is C10H14O3. The number of ether oxygens (including phenoxy) is 1. The van der Waals surface area contributed by atoms with E-state index < -0.39 is 0 Å². The lowest BCUT2D eigenvalue weighted by Crippen LogP contribution is -2.22. The van der Waals surface area contributed by atoms with E-state index in [4.69, 9.17) is 4.74 Å². The number of esters is 1. The Bertz CT molecular complexity index is 247. The van der Waals surface area contributed by atoms with Gasteiger partial charge in [-0.2, -0.15) is 0 Å². The Hall–Kier alpha value is -0.860. The Morgan fingerprint density at radius 2 is 2.31 bits per heavy atom. The zero-order chi connectivity index (χ0) is 9.42. The molecule has 2 fully saturated rings. The molecule has 0 aliphatic heterocycles. The van der Waals surface area contributed by atoms with Crippen LogP contribution < -0.4 is 0 Å². The van der Waals surface area contributed by atoms with Crippen LogP contribution in [0.2, 0.25) is 0 Å². The summed E-state index contributed by atoms with van der Waals surface area (Å²) in [6.45, 7) is 1.95. The third-order valence-corrected chi connectivity index (χ3v) is 3.26. The molecule has 0 heterocycles. The third kappa shape index (κ3) is 1.60. The first-order valence-electron chi connectivity index (χ1n) is 4.83. The highest BCUT2D eigenvalue weighted by atomic mass is 16.5. The summed E-state index contributed by atoms with van der Waals surface area (Å²) in [5, 5.41) is 0. The summed E-state index contributed by atoms with van der Waals surface area (Å²) < 4.78 is 4.96. The van der Waals surface area contributed by atoms with Gasteiger partial charge in [0.25, 0.3) is 0 Å². The maximum Gasteiger partial charge on any atom is 0.302 e. The second-order valence-corrected chi connectivity index (χ2v) is 4.16. The van der Waals surface area contributed by atoms with Gasteiger partial charge in [-0.3, -0.25) is 9.59 Å². The van der Waals surface area contributed by atoms with Gasteiger partial charge in [0.15, 0.2) is 0 Å². The zero-order valence-corrected chi connectivity index (χ0v) is 7.79. The van der Waals surface area contributed by atoms with Crippen LogP contribution in [0, 0.1) is 17.8 Å². The molecule has 2 aliphatic carbocycles. The fourth-order valence-electron chi connectivity index (χ4n) is 2.58. The lowest BCUT2D eigenvalue weighted by atomic mass is 9.89. The monoisotopic (exact) mass is 182 g/mol. The smallest absolute Gasteiger partial charge is 0.302 e. The predicted molar refractivity (Wildman–Crippen MR) is 46.0 cm³/mol. The van der Waals surface area contributed by atoms with Crippen molar-refractivity contribution in [3.8, 4) is 0 Å². The van der Waals surface area contributed by atoms with Gasteiger partial charge in [0.1, 0.15) is 5.78 Å². The number of hydrogen-bond donors (Lipinski definition) is 0. The van der Waals surface area contributed by atoms with Crippen LogP contribution in [0.25, 0.3) is 0 Å². The lowest BCUT2D eigenvalue weighted by molar-refractivity contribution is -0.142. The highest BCUT2D eigenvalue weighted by Gasteiger charge is 2.45. The summed E-state index contributed by atoms with van der Waals surface area (Å²) in [5.74, 6) is 1.44. The van der Waals surface area contributed by atoms with Crippen LogP contribution in [-0.4, -0.2) is 18.4 Å². The normalized spacial score (nSPS) is 36.7. The molecule has 2 aliphatic rings. The molecule has 13 heavy (non-hydrogen) atoms. The van der Waals surface area contributed by atoms with E-state index in [1.165, 1.54) is 6.92 Å². The van der Waals surface area contributed by atoms with Crippen molar-refractivity contribution in [3.05, 3.63) is 0 Å². The van der Waals surface area contributed by atoms with Gasteiger partial charge in [0, 0.05) is 19.3 Å². The highest BCUT2D eigenvalue weighted by Crippen LogP contribution is 2.46. The largest absolute Gasteiger partial charge is 0.466 e. The van der Waals surface area contributed by atoms with Crippen molar-refractivity contribution in [3.63, 3.8) is 0 Å². The van der Waals surface area contributed by atoms with Crippen molar-refractivity contribution < 1.29 is 14.3 Å². The molecule has 0 aromatic carbocycles. The summed E-state index contributed by atoms with van der Waals surface area (Å²) in [4.78, 5) is 21.8. The van der Waals surface area contributed by atoms with Gasteiger partial charge in [0.05, 0.1) is 6.61 Å². The molecule has 2 bridgehead atoms. The van der Waals surface area contributed by atoms with Crippen LogP contribution in [0.15, 0.2) is 0 Å². The molecule has 2 rings (SSSR count). The third-order valence-electron chi connectivity index (χ3n) is 3.26. The van der Waals surface area contributed by atoms with Crippen molar-refractivity contribution in [2.24, 2.45) is 17.8 Å². The summed E-state index contributed by atoms with van der Waals surface area (Å²) in [7, 11) is 0. The van der Waals surface area contributed by atoms with Gasteiger partial charge in [-0.05, 0) is 24.7 Å². The van der Waals surface area contributed by atoms with Crippen LogP contribution in [0.3, 0.4) is 0 Å². The number of fused-ring (bicyclic) bond motifs is 2. The summed E-state index contributed by atoms with van der Waals surface area (Å²) in [5.41, 5.74) is 0. The quantitative estimate of drug-likeness (QED) is 0.602. The first-order chi connectivity index (χ1) is 6.16. The Morgan fingerprint density at radius 1 is 1.54 bits per heavy atom. The Labute approximate surface area is 77.4 Å². The number of rotatable bonds is 2. The molecule has 0 radical (unpaired) electrons. The minimum absolute atomic E-state index is 0.214. The number of carbonyl (C=O) groups is 2. The molecule has 72 valence electrons. The van der Waals surface area contributed by atoms with E-state index >= 15 is 0 Å². The predicted octanol–water partition coefficient (Wildman–Crippen LogP) is 1.16. The van der Waals surface area contributed by atoms with Crippen molar-refractivity contribution in [2.75, 3.05) is 6.61 Å². The van der Waals surface area contributed by atoms with Crippen molar-refractivity contribution in [2.45, 2.75) is 26.2 Å². The molecular weight excluding hydrogens is 168 g/mol. The average molecular weight is 182 g/mol. The minimum Gasteiger partial charge on any atom is -0.466 e. The van der Waals surface area contributed by atoms with E-state index in [0.717, 1.165) is 19.3 Å². The average Bonchev–Trinajstić information content (AvgIpc) is 2.58. The highest BCUT2D eigenvalue weighted by molar-refractivity contribution is 5.84. The lowest BCUT2D eigenvalue weighted by Gasteiger charge is -2.19. The van der Waals surface area contributed by atoms with Crippen LogP contribution in [0.4, 0.5) is 0 Å². The van der Waals surface area contributed by atoms with E-state index in [2.05, 4.69) is 0 Å². The van der Waals surface area contributed by atoms with E-state index in [1.807, 2.05) is 0 Å². The molecule has 3 unspecified atom stereocenters. The van der Waals surface area contributed by atoms with Gasteiger partial charge in [-0.1, -0.05) is 0 Å². The SMILES string of the molecule is CC(=O)OCC1CC2CC1CC2=O. The number of hydrogen-bond acceptors (Lipinski definition) is 3. The van der Waals surface area contributed by atoms with Gasteiger partial charge in [-0.15, -0.1) is 0 Å². The topological polar surface area (TPSA) is 43.4 Å². The van der Waals surface area contributed by atoms with E-state index in [9.17, 15) is 9.59 Å². The summed E-state index contributed by atoms with van der Waals surface area (Å²) in [6.07, 6.45) is 2.69. The van der Waals surface area contributed by atoms with Gasteiger partial charge in [0.2, 0.25) is 0 Å². The van der Waals surface area contributed by atoms with Gasteiger partial charge in [-0.25, -0.2) is 0 Å². The number of Topliss-reactive ketones (excluding diaryl/α,β-unsaturated/α-hetero) is 1. The van der Waals surface area contributed by atoms with Crippen LogP contribution in [-0.2, 0) is 14.3 Å². The zero-order valence-electron chi connectivity index (χ0n) is 7.79. The molecule has 2 saturated carbocycles. The minimum atomic E-state index is -0.214. The standard InChI is InChI=1S/C10H14O3/c1-6(11)13-5-9-3-8-2-7(9)4-10(8)12/h7-9H,2-5H2,1H3. The van der Waals surface area contributed by atoms with E-state index in [-0.39, 0.29) is 11.9 Å². The molecule has 0 saturated heterocycles. The molecule has 0 N–H and O–H groups in total. The Kier molecular flexibility index (Phi) is 2.10. The van der Waals surface area contributed by atoms with Crippen molar-refractivity contribution in [1.82, 2.24) is 0 Å². The molecule has 0 spiro atoms. The first-order valence-corrected chi connectivity index (χ1v) is 4.83. The van der Waals surface area contributed by atoms with Gasteiger partial charge >= 0.3 is 5.97 Å². The Morgan fingerprint density at radius 3 is 2.77 bits per heavy atom. The maximum atomic E-state index is 11.2. The van der Waals surface area contributed by atoms with Crippen molar-refractivity contribution in [1.29, 1.82) is 0 Å². The van der Waals surface area contributed by atoms with Crippen LogP contribution >= 0.6 is 0 Å². The molecule has 3 nitrogen and oxygen atoms in total. The molecule has 0 aromatic heterocycles.